The van der Waals surface area contributed by atoms with E-state index < -0.39 is 0 Å². The van der Waals surface area contributed by atoms with Crippen LogP contribution in [0, 0.1) is 18.8 Å². The van der Waals surface area contributed by atoms with E-state index in [0.717, 1.165) is 17.8 Å². The maximum absolute atomic E-state index is 2.50. The summed E-state index contributed by atoms with van der Waals surface area (Å²) in [6.07, 6.45) is 9.08. The molecule has 0 bridgehead atoms. The van der Waals surface area contributed by atoms with Gasteiger partial charge in [-0.05, 0) is 59.3 Å². The van der Waals surface area contributed by atoms with Crippen molar-refractivity contribution in [2.75, 3.05) is 0 Å². The molecule has 1 aromatic carbocycles. The van der Waals surface area contributed by atoms with Gasteiger partial charge in [-0.15, -0.1) is 0 Å². The summed E-state index contributed by atoms with van der Waals surface area (Å²) in [7, 11) is 0. The molecule has 3 unspecified atom stereocenters. The Morgan fingerprint density at radius 2 is 1.95 bits per heavy atom. The summed E-state index contributed by atoms with van der Waals surface area (Å²) in [5, 5.41) is 0. The molecule has 102 valence electrons. The molecule has 0 N–H and O–H groups in total. The van der Waals surface area contributed by atoms with Crippen molar-refractivity contribution in [3.63, 3.8) is 0 Å². The maximum atomic E-state index is 2.50. The smallest absolute Gasteiger partial charge is 0.00903 e. The second-order valence-corrected chi connectivity index (χ2v) is 6.94. The van der Waals surface area contributed by atoms with E-state index in [4.69, 9.17) is 0 Å². The highest BCUT2D eigenvalue weighted by Crippen LogP contribution is 2.46. The number of aryl methyl sites for hydroxylation is 1. The van der Waals surface area contributed by atoms with Crippen LogP contribution in [0.1, 0.15) is 74.1 Å². The van der Waals surface area contributed by atoms with E-state index in [1.807, 2.05) is 0 Å². The Morgan fingerprint density at radius 1 is 1.16 bits per heavy atom. The minimum atomic E-state index is 0.627. The number of hydrogen-bond acceptors (Lipinski definition) is 0. The molecule has 0 amide bonds. The predicted molar refractivity (Wildman–Crippen MR) is 83.5 cm³/mol. The molecule has 2 aliphatic carbocycles. The van der Waals surface area contributed by atoms with Crippen LogP contribution in [0.2, 0.25) is 0 Å². The minimum absolute atomic E-state index is 0.627. The SMILES string of the molecule is Cc1cc2c(cc1C(C)C)C=CC1C(C)CCCC21. The fourth-order valence-electron chi connectivity index (χ4n) is 4.19. The molecule has 3 rings (SSSR count). The molecule has 1 fully saturated rings. The standard InChI is InChI=1S/C19H26/c1-12(2)18-11-15-8-9-16-13(3)6-5-7-17(16)19(15)10-14(18)4/h8-13,16-17H,5-7H2,1-4H3. The molecular formula is C19H26. The molecule has 0 heteroatoms. The first kappa shape index (κ1) is 13.0. The van der Waals surface area contributed by atoms with E-state index in [9.17, 15) is 0 Å². The molecule has 0 spiro atoms. The maximum Gasteiger partial charge on any atom is -0.00903 e. The van der Waals surface area contributed by atoms with E-state index in [-0.39, 0.29) is 0 Å². The fourth-order valence-corrected chi connectivity index (χ4v) is 4.19. The molecule has 0 aromatic heterocycles. The number of hydrogen-bond donors (Lipinski definition) is 0. The monoisotopic (exact) mass is 254 g/mol. The molecule has 0 heterocycles. The van der Waals surface area contributed by atoms with Crippen molar-refractivity contribution in [3.8, 4) is 0 Å². The molecular weight excluding hydrogens is 228 g/mol. The highest BCUT2D eigenvalue weighted by atomic mass is 14.4. The average Bonchev–Trinajstić information content (AvgIpc) is 2.38. The van der Waals surface area contributed by atoms with Crippen LogP contribution in [-0.4, -0.2) is 0 Å². The van der Waals surface area contributed by atoms with Gasteiger partial charge >= 0.3 is 0 Å². The fraction of sp³-hybridized carbons (Fsp3) is 0.579. The Morgan fingerprint density at radius 3 is 2.68 bits per heavy atom. The van der Waals surface area contributed by atoms with E-state index in [1.165, 1.54) is 36.0 Å². The van der Waals surface area contributed by atoms with Crippen molar-refractivity contribution < 1.29 is 0 Å². The molecule has 2 aliphatic rings. The Bertz CT molecular complexity index is 507. The van der Waals surface area contributed by atoms with E-state index >= 15 is 0 Å². The molecule has 3 atom stereocenters. The Kier molecular flexibility index (Phi) is 3.28. The van der Waals surface area contributed by atoms with Crippen molar-refractivity contribution in [3.05, 3.63) is 40.5 Å². The third-order valence-electron chi connectivity index (χ3n) is 5.29. The van der Waals surface area contributed by atoms with Crippen LogP contribution in [0.15, 0.2) is 18.2 Å². The van der Waals surface area contributed by atoms with Crippen molar-refractivity contribution >= 4 is 6.08 Å². The minimum Gasteiger partial charge on any atom is -0.0799 e. The topological polar surface area (TPSA) is 0 Å². The van der Waals surface area contributed by atoms with Gasteiger partial charge in [0.05, 0.1) is 0 Å². The average molecular weight is 254 g/mol. The molecule has 0 nitrogen and oxygen atoms in total. The molecule has 1 saturated carbocycles. The number of benzene rings is 1. The van der Waals surface area contributed by atoms with Gasteiger partial charge in [-0.2, -0.15) is 0 Å². The van der Waals surface area contributed by atoms with Gasteiger partial charge in [0.2, 0.25) is 0 Å². The van der Waals surface area contributed by atoms with E-state index in [0.29, 0.717) is 5.92 Å². The quantitative estimate of drug-likeness (QED) is 0.606. The van der Waals surface area contributed by atoms with E-state index in [2.05, 4.69) is 52.0 Å². The van der Waals surface area contributed by atoms with Crippen LogP contribution in [0.5, 0.6) is 0 Å². The molecule has 19 heavy (non-hydrogen) atoms. The summed E-state index contributed by atoms with van der Waals surface area (Å²) in [5.41, 5.74) is 6.12. The normalized spacial score (nSPS) is 29.2. The zero-order chi connectivity index (χ0) is 13.6. The van der Waals surface area contributed by atoms with Crippen LogP contribution >= 0.6 is 0 Å². The van der Waals surface area contributed by atoms with Crippen molar-refractivity contribution in [1.29, 1.82) is 0 Å². The van der Waals surface area contributed by atoms with Gasteiger partial charge in [0.25, 0.3) is 0 Å². The summed E-state index contributed by atoms with van der Waals surface area (Å²) in [5.74, 6) is 3.05. The number of rotatable bonds is 1. The highest BCUT2D eigenvalue weighted by Gasteiger charge is 2.33. The largest absolute Gasteiger partial charge is 0.0799 e. The molecule has 0 saturated heterocycles. The Hall–Kier alpha value is -1.04. The summed E-state index contributed by atoms with van der Waals surface area (Å²) in [4.78, 5) is 0. The number of fused-ring (bicyclic) bond motifs is 3. The summed E-state index contributed by atoms with van der Waals surface area (Å²) < 4.78 is 0. The second kappa shape index (κ2) is 4.81. The zero-order valence-corrected chi connectivity index (χ0v) is 12.7. The second-order valence-electron chi connectivity index (χ2n) is 6.94. The first-order valence-electron chi connectivity index (χ1n) is 7.90. The van der Waals surface area contributed by atoms with Crippen LogP contribution < -0.4 is 0 Å². The Labute approximate surface area is 117 Å². The van der Waals surface area contributed by atoms with Gasteiger partial charge in [-0.25, -0.2) is 0 Å². The van der Waals surface area contributed by atoms with Crippen molar-refractivity contribution in [1.82, 2.24) is 0 Å². The molecule has 0 radical (unpaired) electrons. The Balaban J connectivity index is 2.06. The lowest BCUT2D eigenvalue weighted by atomic mass is 9.66. The van der Waals surface area contributed by atoms with Gasteiger partial charge in [-0.3, -0.25) is 0 Å². The van der Waals surface area contributed by atoms with Crippen LogP contribution in [-0.2, 0) is 0 Å². The summed E-state index contributed by atoms with van der Waals surface area (Å²) in [6.45, 7) is 9.32. The van der Waals surface area contributed by atoms with Crippen molar-refractivity contribution in [2.45, 2.75) is 58.8 Å². The molecule has 0 aliphatic heterocycles. The van der Waals surface area contributed by atoms with E-state index in [1.54, 1.807) is 5.56 Å². The van der Waals surface area contributed by atoms with Crippen LogP contribution in [0.25, 0.3) is 6.08 Å². The summed E-state index contributed by atoms with van der Waals surface area (Å²) >= 11 is 0. The highest BCUT2D eigenvalue weighted by molar-refractivity contribution is 5.61. The lowest BCUT2D eigenvalue weighted by Crippen LogP contribution is -2.26. The number of allylic oxidation sites excluding steroid dienone is 1. The lowest BCUT2D eigenvalue weighted by molar-refractivity contribution is 0.264. The zero-order valence-electron chi connectivity index (χ0n) is 12.7. The third kappa shape index (κ3) is 2.16. The summed E-state index contributed by atoms with van der Waals surface area (Å²) in [6, 6.07) is 4.94. The van der Waals surface area contributed by atoms with Gasteiger partial charge < -0.3 is 0 Å². The van der Waals surface area contributed by atoms with Gasteiger partial charge in [-0.1, -0.05) is 57.9 Å². The van der Waals surface area contributed by atoms with Crippen LogP contribution in [0.4, 0.5) is 0 Å². The predicted octanol–water partition coefficient (Wildman–Crippen LogP) is 5.67. The van der Waals surface area contributed by atoms with Gasteiger partial charge in [0, 0.05) is 0 Å². The van der Waals surface area contributed by atoms with Gasteiger partial charge in [0.1, 0.15) is 0 Å². The first-order valence-corrected chi connectivity index (χ1v) is 7.90. The first-order chi connectivity index (χ1) is 9.08. The van der Waals surface area contributed by atoms with Crippen LogP contribution in [0.3, 0.4) is 0 Å². The third-order valence-corrected chi connectivity index (χ3v) is 5.29. The molecule has 1 aromatic rings. The lowest BCUT2D eigenvalue weighted by Gasteiger charge is -2.38. The van der Waals surface area contributed by atoms with Crippen molar-refractivity contribution in [2.24, 2.45) is 11.8 Å². The van der Waals surface area contributed by atoms with Gasteiger partial charge in [0.15, 0.2) is 0 Å².